The fourth-order valence-electron chi connectivity index (χ4n) is 2.33. The molecule has 86 valence electrons. The summed E-state index contributed by atoms with van der Waals surface area (Å²) in [5, 5.41) is 19.6. The monoisotopic (exact) mass is 218 g/mol. The molecule has 0 aliphatic heterocycles. The third-order valence-corrected chi connectivity index (χ3v) is 3.42. The van der Waals surface area contributed by atoms with Gasteiger partial charge in [-0.05, 0) is 36.3 Å². The summed E-state index contributed by atoms with van der Waals surface area (Å²) < 4.78 is 0. The van der Waals surface area contributed by atoms with Gasteiger partial charge in [-0.25, -0.2) is 0 Å². The van der Waals surface area contributed by atoms with E-state index in [1.165, 1.54) is 5.56 Å². The second-order valence-corrected chi connectivity index (χ2v) is 4.53. The van der Waals surface area contributed by atoms with Crippen molar-refractivity contribution in [1.82, 2.24) is 0 Å². The van der Waals surface area contributed by atoms with E-state index in [0.29, 0.717) is 24.3 Å². The maximum atomic E-state index is 9.90. The quantitative estimate of drug-likeness (QED) is 0.560. The van der Waals surface area contributed by atoms with E-state index in [-0.39, 0.29) is 0 Å². The molecular formula is C14H18O2. The zero-order valence-electron chi connectivity index (χ0n) is 9.34. The van der Waals surface area contributed by atoms with Crippen molar-refractivity contribution in [2.45, 2.75) is 37.4 Å². The Balaban J connectivity index is 2.16. The fraction of sp³-hybridized carbons (Fsp3) is 0.429. The molecule has 0 heterocycles. The summed E-state index contributed by atoms with van der Waals surface area (Å²) in [5.41, 5.74) is 1.81. The van der Waals surface area contributed by atoms with Crippen LogP contribution in [-0.4, -0.2) is 22.4 Å². The van der Waals surface area contributed by atoms with E-state index >= 15 is 0 Å². The summed E-state index contributed by atoms with van der Waals surface area (Å²) in [7, 11) is 0. The van der Waals surface area contributed by atoms with E-state index in [2.05, 4.69) is 18.7 Å². The maximum absolute atomic E-state index is 9.90. The highest BCUT2D eigenvalue weighted by Crippen LogP contribution is 2.33. The van der Waals surface area contributed by atoms with Crippen LogP contribution in [0.3, 0.4) is 0 Å². The highest BCUT2D eigenvalue weighted by molar-refractivity contribution is 5.22. The van der Waals surface area contributed by atoms with Crippen molar-refractivity contribution in [2.75, 3.05) is 0 Å². The molecule has 1 fully saturated rings. The van der Waals surface area contributed by atoms with Crippen molar-refractivity contribution < 1.29 is 10.2 Å². The lowest BCUT2D eigenvalue weighted by molar-refractivity contribution is 0.147. The number of hydrogen-bond acceptors (Lipinski definition) is 2. The number of aliphatic hydroxyl groups is 2. The van der Waals surface area contributed by atoms with Gasteiger partial charge in [-0.3, -0.25) is 0 Å². The van der Waals surface area contributed by atoms with Crippen LogP contribution in [0.15, 0.2) is 42.5 Å². The summed E-state index contributed by atoms with van der Waals surface area (Å²) >= 11 is 0. The van der Waals surface area contributed by atoms with Crippen LogP contribution in [0.4, 0.5) is 0 Å². The van der Waals surface area contributed by atoms with E-state index in [0.717, 1.165) is 6.42 Å². The number of benzene rings is 1. The van der Waals surface area contributed by atoms with Gasteiger partial charge in [0.05, 0.1) is 12.2 Å². The minimum Gasteiger partial charge on any atom is -0.389 e. The number of aliphatic hydroxyl groups excluding tert-OH is 2. The number of hydrogen-bond donors (Lipinski definition) is 2. The first kappa shape index (κ1) is 11.4. The Morgan fingerprint density at radius 2 is 1.69 bits per heavy atom. The predicted molar refractivity (Wildman–Crippen MR) is 64.2 cm³/mol. The minimum atomic E-state index is -0.581. The lowest BCUT2D eigenvalue weighted by Crippen LogP contribution is -2.18. The standard InChI is InChI=1S/C14H18O2/c1-10-13(15)8-7-12(9-14(10)16)11-5-3-2-4-6-11/h2-6,12-16H,1,7-9H2. The second-order valence-electron chi connectivity index (χ2n) is 4.53. The average molecular weight is 218 g/mol. The topological polar surface area (TPSA) is 40.5 Å². The Bertz CT molecular complexity index is 358. The van der Waals surface area contributed by atoms with Gasteiger partial charge >= 0.3 is 0 Å². The van der Waals surface area contributed by atoms with Crippen molar-refractivity contribution in [2.24, 2.45) is 0 Å². The molecule has 3 unspecified atom stereocenters. The van der Waals surface area contributed by atoms with E-state index in [4.69, 9.17) is 0 Å². The molecule has 0 bridgehead atoms. The first-order valence-corrected chi connectivity index (χ1v) is 5.78. The fourth-order valence-corrected chi connectivity index (χ4v) is 2.33. The third kappa shape index (κ3) is 2.34. The van der Waals surface area contributed by atoms with Crippen LogP contribution in [-0.2, 0) is 0 Å². The molecule has 16 heavy (non-hydrogen) atoms. The Labute approximate surface area is 96.2 Å². The highest BCUT2D eigenvalue weighted by atomic mass is 16.3. The Kier molecular flexibility index (Phi) is 3.42. The lowest BCUT2D eigenvalue weighted by atomic mass is 9.91. The molecule has 1 aliphatic rings. The van der Waals surface area contributed by atoms with Gasteiger partial charge in [0.25, 0.3) is 0 Å². The van der Waals surface area contributed by atoms with Gasteiger partial charge in [-0.2, -0.15) is 0 Å². The van der Waals surface area contributed by atoms with Crippen LogP contribution in [0.2, 0.25) is 0 Å². The van der Waals surface area contributed by atoms with Gasteiger partial charge < -0.3 is 10.2 Å². The Morgan fingerprint density at radius 1 is 1.00 bits per heavy atom. The summed E-state index contributed by atoms with van der Waals surface area (Å²) in [6.07, 6.45) is 1.13. The van der Waals surface area contributed by atoms with Crippen LogP contribution >= 0.6 is 0 Å². The van der Waals surface area contributed by atoms with E-state index in [1.807, 2.05) is 18.2 Å². The van der Waals surface area contributed by atoms with Crippen LogP contribution in [0, 0.1) is 0 Å². The molecule has 1 aromatic carbocycles. The number of rotatable bonds is 1. The van der Waals surface area contributed by atoms with Gasteiger partial charge in [0.1, 0.15) is 0 Å². The first-order valence-electron chi connectivity index (χ1n) is 5.78. The van der Waals surface area contributed by atoms with Crippen molar-refractivity contribution >= 4 is 0 Å². The summed E-state index contributed by atoms with van der Waals surface area (Å²) in [4.78, 5) is 0. The van der Waals surface area contributed by atoms with Gasteiger partial charge in [-0.1, -0.05) is 36.9 Å². The summed E-state index contributed by atoms with van der Waals surface area (Å²) in [6, 6.07) is 10.2. The Morgan fingerprint density at radius 3 is 2.38 bits per heavy atom. The molecule has 3 atom stereocenters. The predicted octanol–water partition coefficient (Wildman–Crippen LogP) is 2.23. The molecule has 2 nitrogen and oxygen atoms in total. The SMILES string of the molecule is C=C1C(O)CCC(c2ccccc2)CC1O. The zero-order valence-corrected chi connectivity index (χ0v) is 9.34. The molecule has 2 N–H and O–H groups in total. The van der Waals surface area contributed by atoms with Crippen LogP contribution < -0.4 is 0 Å². The molecule has 0 radical (unpaired) electrons. The lowest BCUT2D eigenvalue weighted by Gasteiger charge is -2.17. The minimum absolute atomic E-state index is 0.324. The van der Waals surface area contributed by atoms with Crippen molar-refractivity contribution in [1.29, 1.82) is 0 Å². The maximum Gasteiger partial charge on any atom is 0.0778 e. The molecule has 2 rings (SSSR count). The molecule has 0 aromatic heterocycles. The molecule has 1 saturated carbocycles. The summed E-state index contributed by atoms with van der Waals surface area (Å²) in [6.45, 7) is 3.76. The molecule has 2 heteroatoms. The van der Waals surface area contributed by atoms with Crippen molar-refractivity contribution in [3.63, 3.8) is 0 Å². The molecule has 1 aromatic rings. The third-order valence-electron chi connectivity index (χ3n) is 3.42. The zero-order chi connectivity index (χ0) is 11.5. The molecular weight excluding hydrogens is 200 g/mol. The largest absolute Gasteiger partial charge is 0.389 e. The second kappa shape index (κ2) is 4.81. The van der Waals surface area contributed by atoms with Gasteiger partial charge in [0.15, 0.2) is 0 Å². The summed E-state index contributed by atoms with van der Waals surface area (Å²) in [5.74, 6) is 0.324. The van der Waals surface area contributed by atoms with Crippen molar-refractivity contribution in [3.8, 4) is 0 Å². The molecule has 0 amide bonds. The molecule has 0 saturated heterocycles. The molecule has 1 aliphatic carbocycles. The smallest absolute Gasteiger partial charge is 0.0778 e. The highest BCUT2D eigenvalue weighted by Gasteiger charge is 2.27. The van der Waals surface area contributed by atoms with Crippen molar-refractivity contribution in [3.05, 3.63) is 48.0 Å². The van der Waals surface area contributed by atoms with Gasteiger partial charge in [0.2, 0.25) is 0 Å². The average Bonchev–Trinajstić information content (AvgIpc) is 2.44. The van der Waals surface area contributed by atoms with E-state index in [1.54, 1.807) is 0 Å². The van der Waals surface area contributed by atoms with Crippen LogP contribution in [0.25, 0.3) is 0 Å². The van der Waals surface area contributed by atoms with Gasteiger partial charge in [-0.15, -0.1) is 0 Å². The van der Waals surface area contributed by atoms with Crippen LogP contribution in [0.1, 0.15) is 30.7 Å². The van der Waals surface area contributed by atoms with Crippen LogP contribution in [0.5, 0.6) is 0 Å². The normalized spacial score (nSPS) is 31.1. The van der Waals surface area contributed by atoms with Gasteiger partial charge in [0, 0.05) is 0 Å². The van der Waals surface area contributed by atoms with E-state index in [9.17, 15) is 10.2 Å². The molecule has 0 spiro atoms. The van der Waals surface area contributed by atoms with E-state index < -0.39 is 12.2 Å². The Hall–Kier alpha value is -1.12. The first-order chi connectivity index (χ1) is 7.68.